The average molecular weight is 324 g/mol. The minimum atomic E-state index is -0.359. The second-order valence-corrected chi connectivity index (χ2v) is 5.65. The van der Waals surface area contributed by atoms with E-state index in [-0.39, 0.29) is 30.1 Å². The van der Waals surface area contributed by atoms with E-state index in [4.69, 9.17) is 0 Å². The Hall–Kier alpha value is -2.95. The van der Waals surface area contributed by atoms with Crippen LogP contribution < -0.4 is 5.32 Å². The molecule has 24 heavy (non-hydrogen) atoms. The lowest BCUT2D eigenvalue weighted by Gasteiger charge is -2.32. The Morgan fingerprint density at radius 2 is 1.83 bits per heavy atom. The van der Waals surface area contributed by atoms with Gasteiger partial charge >= 0.3 is 0 Å². The van der Waals surface area contributed by atoms with Crippen LogP contribution in [0.15, 0.2) is 54.7 Å². The summed E-state index contributed by atoms with van der Waals surface area (Å²) in [7, 11) is 0. The van der Waals surface area contributed by atoms with Gasteiger partial charge < -0.3 is 10.2 Å². The number of carbonyl (C=O) groups excluding carboxylic acids is 2. The fourth-order valence-electron chi connectivity index (χ4n) is 2.83. The van der Waals surface area contributed by atoms with Crippen molar-refractivity contribution in [1.29, 1.82) is 0 Å². The van der Waals surface area contributed by atoms with Gasteiger partial charge in [0.2, 0.25) is 11.8 Å². The van der Waals surface area contributed by atoms with Crippen LogP contribution in [0.4, 0.5) is 10.1 Å². The maximum absolute atomic E-state index is 12.9. The zero-order chi connectivity index (χ0) is 17.1. The molecule has 1 aliphatic rings. The third-order valence-electron chi connectivity index (χ3n) is 3.98. The fraction of sp³-hybridized carbons (Fsp3) is 0.158. The molecule has 4 nitrogen and oxygen atoms in total. The summed E-state index contributed by atoms with van der Waals surface area (Å²) in [4.78, 5) is 25.8. The quantitative estimate of drug-likeness (QED) is 0.935. The highest BCUT2D eigenvalue weighted by molar-refractivity contribution is 5.92. The number of halogens is 1. The van der Waals surface area contributed by atoms with E-state index in [1.165, 1.54) is 31.2 Å². The van der Waals surface area contributed by atoms with Crippen LogP contribution >= 0.6 is 0 Å². The van der Waals surface area contributed by atoms with Gasteiger partial charge in [0.25, 0.3) is 0 Å². The van der Waals surface area contributed by atoms with Gasteiger partial charge in [-0.1, -0.05) is 24.3 Å². The maximum atomic E-state index is 12.9. The Labute approximate surface area is 139 Å². The summed E-state index contributed by atoms with van der Waals surface area (Å²) in [5.74, 6) is -0.717. The molecule has 2 aromatic carbocycles. The van der Waals surface area contributed by atoms with Gasteiger partial charge in [0, 0.05) is 18.8 Å². The minimum Gasteiger partial charge on any atom is -0.326 e. The van der Waals surface area contributed by atoms with E-state index >= 15 is 0 Å². The maximum Gasteiger partial charge on any atom is 0.226 e. The van der Waals surface area contributed by atoms with Crippen molar-refractivity contribution < 1.29 is 14.0 Å². The van der Waals surface area contributed by atoms with E-state index < -0.39 is 0 Å². The van der Waals surface area contributed by atoms with Gasteiger partial charge in [-0.15, -0.1) is 0 Å². The van der Waals surface area contributed by atoms with E-state index in [2.05, 4.69) is 5.32 Å². The first-order chi connectivity index (χ1) is 11.5. The highest BCUT2D eigenvalue weighted by Gasteiger charge is 2.28. The number of fused-ring (bicyclic) bond motifs is 1. The highest BCUT2D eigenvalue weighted by atomic mass is 19.1. The molecule has 2 amide bonds. The summed E-state index contributed by atoms with van der Waals surface area (Å²) < 4.78 is 12.9. The zero-order valence-corrected chi connectivity index (χ0v) is 13.2. The van der Waals surface area contributed by atoms with Gasteiger partial charge in [-0.05, 0) is 41.5 Å². The molecule has 5 heteroatoms. The molecule has 0 fully saturated rings. The van der Waals surface area contributed by atoms with Crippen molar-refractivity contribution in [2.75, 3.05) is 5.32 Å². The van der Waals surface area contributed by atoms with E-state index in [0.29, 0.717) is 5.69 Å². The van der Waals surface area contributed by atoms with Gasteiger partial charge in [-0.25, -0.2) is 4.39 Å². The van der Waals surface area contributed by atoms with Crippen molar-refractivity contribution in [3.63, 3.8) is 0 Å². The molecule has 122 valence electrons. The number of amides is 2. The van der Waals surface area contributed by atoms with Crippen LogP contribution in [0.25, 0.3) is 6.08 Å². The first-order valence-electron chi connectivity index (χ1n) is 7.66. The molecule has 0 bridgehead atoms. The Balaban J connectivity index is 1.80. The normalized spacial score (nSPS) is 15.8. The second kappa shape index (κ2) is 6.66. The van der Waals surface area contributed by atoms with Gasteiger partial charge in [0.1, 0.15) is 5.82 Å². The van der Waals surface area contributed by atoms with Crippen LogP contribution in [0, 0.1) is 5.82 Å². The Morgan fingerprint density at radius 1 is 1.12 bits per heavy atom. The molecule has 1 aliphatic heterocycles. The molecule has 1 heterocycles. The average Bonchev–Trinajstić information content (AvgIpc) is 2.57. The summed E-state index contributed by atoms with van der Waals surface area (Å²) in [6, 6.07) is 12.9. The molecule has 2 aromatic rings. The standard InChI is InChI=1S/C19H17FN2O2/c1-13(23)22-11-10-14-4-2-3-5-17(14)18(22)12-19(24)21-16-8-6-15(20)7-9-16/h2-11,18H,12H2,1H3,(H,21,24)/t18-/m0/s1. The number of anilines is 1. The molecule has 0 aliphatic carbocycles. The molecule has 1 N–H and O–H groups in total. The molecular weight excluding hydrogens is 307 g/mol. The first kappa shape index (κ1) is 15.9. The van der Waals surface area contributed by atoms with Crippen LogP contribution in [-0.2, 0) is 9.59 Å². The number of rotatable bonds is 3. The van der Waals surface area contributed by atoms with Crippen molar-refractivity contribution in [2.45, 2.75) is 19.4 Å². The Morgan fingerprint density at radius 3 is 2.54 bits per heavy atom. The van der Waals surface area contributed by atoms with Crippen LogP contribution in [-0.4, -0.2) is 16.7 Å². The predicted molar refractivity (Wildman–Crippen MR) is 90.4 cm³/mol. The largest absolute Gasteiger partial charge is 0.326 e. The second-order valence-electron chi connectivity index (χ2n) is 5.65. The smallest absolute Gasteiger partial charge is 0.226 e. The Bertz CT molecular complexity index is 799. The van der Waals surface area contributed by atoms with Gasteiger partial charge in [-0.2, -0.15) is 0 Å². The molecule has 1 atom stereocenters. The van der Waals surface area contributed by atoms with Gasteiger partial charge in [0.15, 0.2) is 0 Å². The van der Waals surface area contributed by atoms with Crippen molar-refractivity contribution in [3.8, 4) is 0 Å². The molecule has 0 radical (unpaired) electrons. The first-order valence-corrected chi connectivity index (χ1v) is 7.66. The molecule has 0 aromatic heterocycles. The van der Waals surface area contributed by atoms with E-state index in [1.807, 2.05) is 30.3 Å². The number of hydrogen-bond donors (Lipinski definition) is 1. The molecule has 0 spiro atoms. The number of benzene rings is 2. The lowest BCUT2D eigenvalue weighted by molar-refractivity contribution is -0.129. The number of carbonyl (C=O) groups is 2. The topological polar surface area (TPSA) is 49.4 Å². The van der Waals surface area contributed by atoms with E-state index in [1.54, 1.807) is 11.1 Å². The summed E-state index contributed by atoms with van der Waals surface area (Å²) in [6.45, 7) is 1.48. The molecule has 0 unspecified atom stereocenters. The van der Waals surface area contributed by atoms with Crippen LogP contribution in [0.1, 0.15) is 30.5 Å². The molecule has 3 rings (SSSR count). The number of nitrogens with one attached hydrogen (secondary N) is 1. The van der Waals surface area contributed by atoms with E-state index in [9.17, 15) is 14.0 Å². The van der Waals surface area contributed by atoms with Crippen molar-refractivity contribution in [2.24, 2.45) is 0 Å². The third kappa shape index (κ3) is 3.35. The van der Waals surface area contributed by atoms with Gasteiger partial charge in [0.05, 0.1) is 12.5 Å². The monoisotopic (exact) mass is 324 g/mol. The van der Waals surface area contributed by atoms with E-state index in [0.717, 1.165) is 11.1 Å². The summed E-state index contributed by atoms with van der Waals surface area (Å²) >= 11 is 0. The lowest BCUT2D eigenvalue weighted by atomic mass is 9.93. The van der Waals surface area contributed by atoms with Crippen molar-refractivity contribution in [3.05, 3.63) is 71.7 Å². The van der Waals surface area contributed by atoms with Crippen molar-refractivity contribution >= 4 is 23.6 Å². The molecule has 0 saturated carbocycles. The predicted octanol–water partition coefficient (Wildman–Crippen LogP) is 3.73. The van der Waals surface area contributed by atoms with Crippen LogP contribution in [0.2, 0.25) is 0 Å². The lowest BCUT2D eigenvalue weighted by Crippen LogP contribution is -2.33. The fourth-order valence-corrected chi connectivity index (χ4v) is 2.83. The Kier molecular flexibility index (Phi) is 4.42. The third-order valence-corrected chi connectivity index (χ3v) is 3.98. The molecule has 0 saturated heterocycles. The SMILES string of the molecule is CC(=O)N1C=Cc2ccccc2[C@@H]1CC(=O)Nc1ccc(F)cc1. The summed E-state index contributed by atoms with van der Waals surface area (Å²) in [5, 5.41) is 2.74. The summed E-state index contributed by atoms with van der Waals surface area (Å²) in [6.07, 6.45) is 3.70. The zero-order valence-electron chi connectivity index (χ0n) is 13.2. The number of nitrogens with zero attached hydrogens (tertiary/aromatic N) is 1. The van der Waals surface area contributed by atoms with Crippen molar-refractivity contribution in [1.82, 2.24) is 4.90 Å². The van der Waals surface area contributed by atoms with Crippen LogP contribution in [0.3, 0.4) is 0 Å². The molecular formula is C19H17FN2O2. The minimum absolute atomic E-state index is 0.123. The van der Waals surface area contributed by atoms with Gasteiger partial charge in [-0.3, -0.25) is 9.59 Å². The summed E-state index contributed by atoms with van der Waals surface area (Å²) in [5.41, 5.74) is 2.45. The van der Waals surface area contributed by atoms with Crippen LogP contribution in [0.5, 0.6) is 0 Å². The number of hydrogen-bond acceptors (Lipinski definition) is 2. The highest BCUT2D eigenvalue weighted by Crippen LogP contribution is 2.33.